The summed E-state index contributed by atoms with van der Waals surface area (Å²) in [4.78, 5) is 0. The lowest BCUT2D eigenvalue weighted by Crippen LogP contribution is -2.06. The quantitative estimate of drug-likeness (QED) is 0.646. The molecule has 0 atom stereocenters. The van der Waals surface area contributed by atoms with E-state index >= 15 is 0 Å². The summed E-state index contributed by atoms with van der Waals surface area (Å²) in [5, 5.41) is 0. The van der Waals surface area contributed by atoms with Crippen LogP contribution in [-0.2, 0) is 0 Å². The zero-order valence-electron chi connectivity index (χ0n) is 10.9. The molecule has 0 spiro atoms. The number of hydrogen-bond donors (Lipinski definition) is 1. The maximum absolute atomic E-state index is 5.58. The van der Waals surface area contributed by atoms with Crippen LogP contribution in [0.15, 0.2) is 24.3 Å². The van der Waals surface area contributed by atoms with E-state index in [1.807, 2.05) is 6.07 Å². The first-order valence-electron chi connectivity index (χ1n) is 6.33. The van der Waals surface area contributed by atoms with Crippen LogP contribution in [0.2, 0.25) is 0 Å². The van der Waals surface area contributed by atoms with Crippen LogP contribution in [0.1, 0.15) is 30.7 Å². The second kappa shape index (κ2) is 8.49. The number of ether oxygens (including phenoxy) is 1. The van der Waals surface area contributed by atoms with Gasteiger partial charge in [-0.05, 0) is 62.8 Å². The molecular weight excluding hydrogens is 229 g/mol. The van der Waals surface area contributed by atoms with Crippen molar-refractivity contribution in [1.82, 2.24) is 0 Å². The van der Waals surface area contributed by atoms with Crippen LogP contribution in [0.4, 0.5) is 0 Å². The summed E-state index contributed by atoms with van der Waals surface area (Å²) in [6, 6.07) is 8.44. The lowest BCUT2D eigenvalue weighted by molar-refractivity contribution is 0.313. The summed E-state index contributed by atoms with van der Waals surface area (Å²) < 4.78 is 5.58. The zero-order chi connectivity index (χ0) is 12.5. The molecule has 2 nitrogen and oxygen atoms in total. The van der Waals surface area contributed by atoms with Crippen molar-refractivity contribution in [3.05, 3.63) is 29.8 Å². The van der Waals surface area contributed by atoms with E-state index in [2.05, 4.69) is 31.5 Å². The summed E-state index contributed by atoms with van der Waals surface area (Å²) in [5.74, 6) is 1.79. The summed E-state index contributed by atoms with van der Waals surface area (Å²) >= 11 is 0. The van der Waals surface area contributed by atoms with Gasteiger partial charge in [0.15, 0.2) is 0 Å². The molecule has 96 valence electrons. The summed E-state index contributed by atoms with van der Waals surface area (Å²) in [7, 11) is 1.08. The molecule has 17 heavy (non-hydrogen) atoms. The summed E-state index contributed by atoms with van der Waals surface area (Å²) in [6.07, 6.45) is 3.60. The predicted molar refractivity (Wildman–Crippen MR) is 77.7 cm³/mol. The van der Waals surface area contributed by atoms with Crippen molar-refractivity contribution in [3.8, 4) is 5.75 Å². The Hall–Kier alpha value is -0.590. The second-order valence-corrected chi connectivity index (χ2v) is 5.34. The second-order valence-electron chi connectivity index (χ2n) is 4.34. The molecule has 0 radical (unpaired) electrons. The lowest BCUT2D eigenvalue weighted by atomic mass is 10.1. The molecule has 0 bridgehead atoms. The minimum absolute atomic E-state index is 0.697. The van der Waals surface area contributed by atoms with Crippen LogP contribution in [-0.4, -0.2) is 26.5 Å². The van der Waals surface area contributed by atoms with Crippen molar-refractivity contribution >= 4 is 8.58 Å². The van der Waals surface area contributed by atoms with Crippen molar-refractivity contribution in [1.29, 1.82) is 0 Å². The van der Waals surface area contributed by atoms with E-state index in [0.717, 1.165) is 33.3 Å². The van der Waals surface area contributed by atoms with Crippen molar-refractivity contribution < 1.29 is 4.74 Å². The third kappa shape index (κ3) is 6.05. The average molecular weight is 253 g/mol. The fourth-order valence-corrected chi connectivity index (χ4v) is 1.55. The van der Waals surface area contributed by atoms with Crippen molar-refractivity contribution in [2.24, 2.45) is 5.73 Å². The fourth-order valence-electron chi connectivity index (χ4n) is 1.55. The van der Waals surface area contributed by atoms with Gasteiger partial charge in [-0.3, -0.25) is 0 Å². The summed E-state index contributed by atoms with van der Waals surface area (Å²) in [6.45, 7) is 5.73. The van der Waals surface area contributed by atoms with E-state index in [0.29, 0.717) is 6.54 Å². The first kappa shape index (κ1) is 14.5. The van der Waals surface area contributed by atoms with E-state index < -0.39 is 0 Å². The van der Waals surface area contributed by atoms with Gasteiger partial charge < -0.3 is 10.5 Å². The molecule has 1 fully saturated rings. The van der Waals surface area contributed by atoms with Gasteiger partial charge in [-0.2, -0.15) is 0 Å². The number of nitrogens with two attached hydrogens (primary N) is 1. The van der Waals surface area contributed by atoms with Crippen LogP contribution in [0.3, 0.4) is 0 Å². The largest absolute Gasteiger partial charge is 0.494 e. The van der Waals surface area contributed by atoms with Gasteiger partial charge in [0.05, 0.1) is 6.61 Å². The minimum Gasteiger partial charge on any atom is -0.494 e. The highest BCUT2D eigenvalue weighted by Crippen LogP contribution is 2.40. The predicted octanol–water partition coefficient (Wildman–Crippen LogP) is 3.22. The molecule has 0 amide bonds. The van der Waals surface area contributed by atoms with Crippen LogP contribution in [0.25, 0.3) is 0 Å². The Morgan fingerprint density at radius 2 is 2.06 bits per heavy atom. The molecule has 2 rings (SSSR count). The van der Waals surface area contributed by atoms with Gasteiger partial charge in [-0.1, -0.05) is 12.1 Å². The van der Waals surface area contributed by atoms with Gasteiger partial charge in [0.1, 0.15) is 5.75 Å². The molecule has 1 aliphatic carbocycles. The summed E-state index contributed by atoms with van der Waals surface area (Å²) in [5.41, 5.74) is 6.83. The molecule has 1 aliphatic rings. The number of benzene rings is 1. The highest BCUT2D eigenvalue weighted by Gasteiger charge is 2.23. The van der Waals surface area contributed by atoms with Gasteiger partial charge in [0.25, 0.3) is 0 Å². The van der Waals surface area contributed by atoms with Crippen LogP contribution < -0.4 is 10.5 Å². The van der Waals surface area contributed by atoms with E-state index in [1.165, 1.54) is 18.4 Å². The molecule has 0 saturated heterocycles. The number of hydrogen-bond acceptors (Lipinski definition) is 2. The normalized spacial score (nSPS) is 13.8. The van der Waals surface area contributed by atoms with E-state index in [9.17, 15) is 0 Å². The van der Waals surface area contributed by atoms with Gasteiger partial charge >= 0.3 is 0 Å². The van der Waals surface area contributed by atoms with Crippen LogP contribution >= 0.6 is 8.58 Å². The molecular formula is C14H24NOP. The van der Waals surface area contributed by atoms with Gasteiger partial charge in [0.2, 0.25) is 0 Å². The monoisotopic (exact) mass is 253 g/mol. The van der Waals surface area contributed by atoms with Crippen LogP contribution in [0.5, 0.6) is 5.75 Å². The molecule has 1 aromatic carbocycles. The molecule has 2 N–H and O–H groups in total. The Labute approximate surface area is 107 Å². The molecule has 0 aromatic heterocycles. The van der Waals surface area contributed by atoms with Gasteiger partial charge in [-0.15, -0.1) is 8.58 Å². The minimum atomic E-state index is 0.697. The highest BCUT2D eigenvalue weighted by atomic mass is 31.1. The van der Waals surface area contributed by atoms with E-state index in [4.69, 9.17) is 10.5 Å². The zero-order valence-corrected chi connectivity index (χ0v) is 11.9. The van der Waals surface area contributed by atoms with Crippen LogP contribution in [0, 0.1) is 0 Å². The Morgan fingerprint density at radius 3 is 2.65 bits per heavy atom. The maximum Gasteiger partial charge on any atom is 0.119 e. The third-order valence-corrected chi connectivity index (χ3v) is 2.52. The Bertz CT molecular complexity index is 313. The van der Waals surface area contributed by atoms with Crippen molar-refractivity contribution in [3.63, 3.8) is 0 Å². The highest BCUT2D eigenvalue weighted by molar-refractivity contribution is 7.35. The Kier molecular flexibility index (Phi) is 7.23. The molecule has 0 unspecified atom stereocenters. The SMILES string of the molecule is CPC.NCCCOc1cccc(C2CC2)c1. The average Bonchev–Trinajstić information content (AvgIpc) is 3.15. The number of rotatable bonds is 5. The van der Waals surface area contributed by atoms with Crippen molar-refractivity contribution in [2.45, 2.75) is 25.2 Å². The van der Waals surface area contributed by atoms with E-state index in [-0.39, 0.29) is 0 Å². The van der Waals surface area contributed by atoms with E-state index in [1.54, 1.807) is 0 Å². The lowest BCUT2D eigenvalue weighted by Gasteiger charge is -2.06. The maximum atomic E-state index is 5.58. The molecule has 3 heteroatoms. The Morgan fingerprint density at radius 1 is 1.35 bits per heavy atom. The third-order valence-electron chi connectivity index (χ3n) is 2.52. The molecule has 1 saturated carbocycles. The fraction of sp³-hybridized carbons (Fsp3) is 0.571. The van der Waals surface area contributed by atoms with Gasteiger partial charge in [-0.25, -0.2) is 0 Å². The van der Waals surface area contributed by atoms with Gasteiger partial charge in [0, 0.05) is 0 Å². The standard InChI is InChI=1S/C12H17NO.C2H7P/c13-7-2-8-14-12-4-1-3-11(9-12)10-5-6-10;1-3-2/h1,3-4,9-10H,2,5-8,13H2;3H,1-2H3. The smallest absolute Gasteiger partial charge is 0.119 e. The first-order valence-corrected chi connectivity index (χ1v) is 8.33. The topological polar surface area (TPSA) is 35.2 Å². The molecule has 1 aromatic rings. The first-order chi connectivity index (χ1) is 8.31. The van der Waals surface area contributed by atoms with Crippen molar-refractivity contribution in [2.75, 3.05) is 26.5 Å². The molecule has 0 heterocycles. The Balaban J connectivity index is 0.000000437. The molecule has 0 aliphatic heterocycles.